The molecular weight excluding hydrogens is 285 g/mol. The average molecular weight is 296 g/mol. The molecule has 2 aromatic rings. The van der Waals surface area contributed by atoms with Crippen LogP contribution < -0.4 is 10.6 Å². The maximum absolute atomic E-state index is 13.5. The fourth-order valence-corrected chi connectivity index (χ4v) is 1.46. The van der Waals surface area contributed by atoms with Gasteiger partial charge in [-0.05, 0) is 24.3 Å². The summed E-state index contributed by atoms with van der Waals surface area (Å²) in [5, 5.41) is 12.3. The topological polar surface area (TPSA) is 66.9 Å². The van der Waals surface area contributed by atoms with Crippen molar-refractivity contribution in [2.45, 2.75) is 13.3 Å². The first-order valence-electron chi connectivity index (χ1n) is 6.05. The van der Waals surface area contributed by atoms with Crippen molar-refractivity contribution in [1.82, 2.24) is 10.2 Å². The van der Waals surface area contributed by atoms with Gasteiger partial charge in [-0.25, -0.2) is 13.2 Å². The molecule has 21 heavy (non-hydrogen) atoms. The summed E-state index contributed by atoms with van der Waals surface area (Å²) in [6, 6.07) is 4.70. The minimum Gasteiger partial charge on any atom is -0.336 e. The third-order valence-electron chi connectivity index (χ3n) is 2.55. The normalized spacial score (nSPS) is 10.3. The Morgan fingerprint density at radius 3 is 2.33 bits per heavy atom. The summed E-state index contributed by atoms with van der Waals surface area (Å²) in [5.74, 6) is -4.06. The molecule has 1 aromatic heterocycles. The SMILES string of the molecule is CCC(=O)Nc1ccc(Nc2ccc(F)c(F)c2F)nn1. The van der Waals surface area contributed by atoms with Crippen LogP contribution in [0.1, 0.15) is 13.3 Å². The van der Waals surface area contributed by atoms with Gasteiger partial charge in [0.2, 0.25) is 5.91 Å². The van der Waals surface area contributed by atoms with Gasteiger partial charge in [-0.15, -0.1) is 10.2 Å². The molecule has 0 aliphatic carbocycles. The van der Waals surface area contributed by atoms with Gasteiger partial charge in [0.1, 0.15) is 0 Å². The third kappa shape index (κ3) is 3.47. The van der Waals surface area contributed by atoms with E-state index < -0.39 is 17.5 Å². The summed E-state index contributed by atoms with van der Waals surface area (Å²) >= 11 is 0. The highest BCUT2D eigenvalue weighted by Crippen LogP contribution is 2.22. The van der Waals surface area contributed by atoms with E-state index in [-0.39, 0.29) is 23.2 Å². The Balaban J connectivity index is 2.14. The van der Waals surface area contributed by atoms with E-state index in [0.717, 1.165) is 12.1 Å². The maximum atomic E-state index is 13.5. The van der Waals surface area contributed by atoms with E-state index in [9.17, 15) is 18.0 Å². The Kier molecular flexibility index (Phi) is 4.36. The van der Waals surface area contributed by atoms with Crippen molar-refractivity contribution in [2.24, 2.45) is 0 Å². The second kappa shape index (κ2) is 6.21. The molecule has 0 aliphatic rings. The highest BCUT2D eigenvalue weighted by atomic mass is 19.2. The van der Waals surface area contributed by atoms with Crippen molar-refractivity contribution < 1.29 is 18.0 Å². The van der Waals surface area contributed by atoms with Gasteiger partial charge in [0, 0.05) is 6.42 Å². The van der Waals surface area contributed by atoms with Crippen molar-refractivity contribution in [3.63, 3.8) is 0 Å². The van der Waals surface area contributed by atoms with Crippen LogP contribution in [0.15, 0.2) is 24.3 Å². The Hall–Kier alpha value is -2.64. The number of nitrogens with zero attached hydrogens (tertiary/aromatic N) is 2. The number of benzene rings is 1. The molecule has 0 bridgehead atoms. The minimum absolute atomic E-state index is 0.120. The van der Waals surface area contributed by atoms with E-state index in [2.05, 4.69) is 20.8 Å². The number of amides is 1. The molecule has 2 rings (SSSR count). The number of hydrogen-bond donors (Lipinski definition) is 2. The number of nitrogens with one attached hydrogen (secondary N) is 2. The van der Waals surface area contributed by atoms with Gasteiger partial charge in [-0.1, -0.05) is 6.92 Å². The van der Waals surface area contributed by atoms with Crippen LogP contribution in [0.3, 0.4) is 0 Å². The predicted octanol–water partition coefficient (Wildman–Crippen LogP) is 2.99. The molecule has 0 unspecified atom stereocenters. The van der Waals surface area contributed by atoms with Crippen molar-refractivity contribution >= 4 is 23.2 Å². The van der Waals surface area contributed by atoms with E-state index in [1.54, 1.807) is 6.92 Å². The third-order valence-corrected chi connectivity index (χ3v) is 2.55. The number of halogens is 3. The monoisotopic (exact) mass is 296 g/mol. The van der Waals surface area contributed by atoms with Crippen molar-refractivity contribution in [3.8, 4) is 0 Å². The number of rotatable bonds is 4. The van der Waals surface area contributed by atoms with E-state index in [1.807, 2.05) is 0 Å². The van der Waals surface area contributed by atoms with Crippen molar-refractivity contribution in [2.75, 3.05) is 10.6 Å². The molecule has 2 N–H and O–H groups in total. The maximum Gasteiger partial charge on any atom is 0.225 e. The molecule has 0 atom stereocenters. The van der Waals surface area contributed by atoms with E-state index in [4.69, 9.17) is 0 Å². The Morgan fingerprint density at radius 2 is 1.71 bits per heavy atom. The minimum atomic E-state index is -1.57. The molecule has 0 radical (unpaired) electrons. The van der Waals surface area contributed by atoms with Crippen LogP contribution >= 0.6 is 0 Å². The molecule has 0 saturated carbocycles. The molecule has 0 aliphatic heterocycles. The Labute approximate surface area is 118 Å². The molecule has 1 aromatic carbocycles. The number of anilines is 3. The first kappa shape index (κ1) is 14.8. The quantitative estimate of drug-likeness (QED) is 0.851. The first-order valence-corrected chi connectivity index (χ1v) is 6.05. The molecule has 1 heterocycles. The van der Waals surface area contributed by atoms with Crippen LogP contribution in [0.5, 0.6) is 0 Å². The zero-order valence-corrected chi connectivity index (χ0v) is 11.0. The number of aromatic nitrogens is 2. The lowest BCUT2D eigenvalue weighted by atomic mass is 10.3. The zero-order valence-electron chi connectivity index (χ0n) is 11.0. The van der Waals surface area contributed by atoms with E-state index >= 15 is 0 Å². The smallest absolute Gasteiger partial charge is 0.225 e. The van der Waals surface area contributed by atoms with E-state index in [0.29, 0.717) is 6.42 Å². The van der Waals surface area contributed by atoms with Gasteiger partial charge in [-0.3, -0.25) is 4.79 Å². The second-order valence-electron chi connectivity index (χ2n) is 4.05. The highest BCUT2D eigenvalue weighted by Gasteiger charge is 2.13. The van der Waals surface area contributed by atoms with E-state index in [1.165, 1.54) is 12.1 Å². The molecule has 5 nitrogen and oxygen atoms in total. The van der Waals surface area contributed by atoms with Crippen LogP contribution in [0.25, 0.3) is 0 Å². The molecule has 0 fully saturated rings. The van der Waals surface area contributed by atoms with Gasteiger partial charge >= 0.3 is 0 Å². The van der Waals surface area contributed by atoms with Crippen LogP contribution in [0.2, 0.25) is 0 Å². The lowest BCUT2D eigenvalue weighted by Crippen LogP contribution is -2.11. The van der Waals surface area contributed by atoms with Gasteiger partial charge in [0.25, 0.3) is 0 Å². The largest absolute Gasteiger partial charge is 0.336 e. The average Bonchev–Trinajstić information content (AvgIpc) is 2.49. The van der Waals surface area contributed by atoms with Crippen LogP contribution in [-0.2, 0) is 4.79 Å². The van der Waals surface area contributed by atoms with Crippen molar-refractivity contribution in [1.29, 1.82) is 0 Å². The first-order chi connectivity index (χ1) is 10.0. The Morgan fingerprint density at radius 1 is 1.05 bits per heavy atom. The van der Waals surface area contributed by atoms with Crippen LogP contribution in [0.4, 0.5) is 30.5 Å². The fourth-order valence-electron chi connectivity index (χ4n) is 1.46. The summed E-state index contributed by atoms with van der Waals surface area (Å²) in [4.78, 5) is 11.1. The van der Waals surface area contributed by atoms with Gasteiger partial charge in [0.15, 0.2) is 29.1 Å². The summed E-state index contributed by atoms with van der Waals surface area (Å²) < 4.78 is 39.3. The Bertz CT molecular complexity index is 661. The molecule has 1 amide bonds. The summed E-state index contributed by atoms with van der Waals surface area (Å²) in [7, 11) is 0. The van der Waals surface area contributed by atoms with Gasteiger partial charge in [0.05, 0.1) is 5.69 Å². The number of carbonyl (C=O) groups is 1. The van der Waals surface area contributed by atoms with Crippen LogP contribution in [-0.4, -0.2) is 16.1 Å². The number of hydrogen-bond acceptors (Lipinski definition) is 4. The molecular formula is C13H11F3N4O. The lowest BCUT2D eigenvalue weighted by Gasteiger charge is -2.08. The highest BCUT2D eigenvalue weighted by molar-refractivity contribution is 5.89. The molecule has 0 saturated heterocycles. The predicted molar refractivity (Wildman–Crippen MR) is 70.6 cm³/mol. The number of carbonyl (C=O) groups excluding carboxylic acids is 1. The van der Waals surface area contributed by atoms with Gasteiger partial charge in [-0.2, -0.15) is 0 Å². The zero-order chi connectivity index (χ0) is 15.4. The molecule has 110 valence electrons. The van der Waals surface area contributed by atoms with Gasteiger partial charge < -0.3 is 10.6 Å². The second-order valence-corrected chi connectivity index (χ2v) is 4.05. The standard InChI is InChI=1S/C13H11F3N4O/c1-2-11(21)18-10-6-5-9(19-20-10)17-8-4-3-7(14)12(15)13(8)16/h3-6H,2H2,1H3,(H,17,19)(H,18,20,21). The summed E-state index contributed by atoms with van der Waals surface area (Å²) in [6.07, 6.45) is 0.293. The summed E-state index contributed by atoms with van der Waals surface area (Å²) in [5.41, 5.74) is -0.270. The molecule has 8 heteroatoms. The lowest BCUT2D eigenvalue weighted by molar-refractivity contribution is -0.115. The summed E-state index contributed by atoms with van der Waals surface area (Å²) in [6.45, 7) is 1.69. The fraction of sp³-hybridized carbons (Fsp3) is 0.154. The van der Waals surface area contributed by atoms with Crippen molar-refractivity contribution in [3.05, 3.63) is 41.7 Å². The molecule has 0 spiro atoms. The van der Waals surface area contributed by atoms with Crippen LogP contribution in [0, 0.1) is 17.5 Å².